The van der Waals surface area contributed by atoms with Gasteiger partial charge in [0.1, 0.15) is 24.2 Å². The Kier molecular flexibility index (Phi) is 8.32. The standard InChI is InChI=1S/C21H31ClN6O10P2/c1-27-10-2-3-11(27)7-12(6-10)37-21(31)25-17-14-18(26-20(22)24-17)28(8-23-14)19-16(30)15(29)13(38-19)4-5-39(32,33)9-40(34,35)36/h8,10-13,15-16,19,29-30H,2-7,9H2,1H3,(H,32,33)(H2,34,35,36)(H,24,25,26,31)/t10-,11+,12+,13?,15?,16?,19?. The van der Waals surface area contributed by atoms with Gasteiger partial charge in [-0.1, -0.05) is 0 Å². The molecule has 0 spiro atoms. The number of ether oxygens (including phenoxy) is 2. The zero-order valence-electron chi connectivity index (χ0n) is 21.4. The fourth-order valence-corrected chi connectivity index (χ4v) is 9.47. The first-order valence-electron chi connectivity index (χ1n) is 12.7. The number of hydrogen-bond acceptors (Lipinski definition) is 11. The number of aliphatic hydroxyl groups excluding tert-OH is 2. The molecule has 2 aromatic heterocycles. The number of nitrogens with zero attached hydrogens (tertiary/aromatic N) is 5. The lowest BCUT2D eigenvalue weighted by Gasteiger charge is -2.35. The fourth-order valence-electron chi connectivity index (χ4n) is 5.78. The Morgan fingerprint density at radius 2 is 1.85 bits per heavy atom. The number of aromatic nitrogens is 4. The Labute approximate surface area is 233 Å². The first-order valence-corrected chi connectivity index (χ1v) is 16.9. The van der Waals surface area contributed by atoms with Crippen molar-refractivity contribution in [1.29, 1.82) is 0 Å². The van der Waals surface area contributed by atoms with E-state index >= 15 is 0 Å². The van der Waals surface area contributed by atoms with E-state index in [2.05, 4.69) is 32.2 Å². The topological polar surface area (TPSA) is 230 Å². The molecule has 2 aromatic rings. The minimum Gasteiger partial charge on any atom is -0.446 e. The number of carbonyl (C=O) groups excluding carboxylic acids is 1. The maximum Gasteiger partial charge on any atom is 0.413 e. The molecule has 8 atom stereocenters. The van der Waals surface area contributed by atoms with Gasteiger partial charge in [-0.3, -0.25) is 19.0 Å². The number of halogens is 1. The smallest absolute Gasteiger partial charge is 0.413 e. The molecule has 16 nitrogen and oxygen atoms in total. The number of aliphatic hydroxyl groups is 2. The van der Waals surface area contributed by atoms with Crippen molar-refractivity contribution in [1.82, 2.24) is 24.4 Å². The number of fused-ring (bicyclic) bond motifs is 3. The lowest BCUT2D eigenvalue weighted by Crippen LogP contribution is -2.43. The van der Waals surface area contributed by atoms with E-state index in [0.29, 0.717) is 12.1 Å². The highest BCUT2D eigenvalue weighted by Crippen LogP contribution is 2.55. The summed E-state index contributed by atoms with van der Waals surface area (Å²) in [7, 11) is -6.88. The number of carbonyl (C=O) groups is 1. The van der Waals surface area contributed by atoms with Gasteiger partial charge in [0.25, 0.3) is 0 Å². The van der Waals surface area contributed by atoms with Crippen LogP contribution in [-0.2, 0) is 18.6 Å². The summed E-state index contributed by atoms with van der Waals surface area (Å²) in [5, 5.41) is 23.5. The van der Waals surface area contributed by atoms with Crippen LogP contribution in [0.2, 0.25) is 5.28 Å². The van der Waals surface area contributed by atoms with Crippen LogP contribution in [0.25, 0.3) is 11.2 Å². The first kappa shape index (κ1) is 29.8. The maximum atomic E-state index is 12.7. The zero-order valence-corrected chi connectivity index (χ0v) is 23.9. The van der Waals surface area contributed by atoms with Crippen molar-refractivity contribution in [3.05, 3.63) is 11.6 Å². The van der Waals surface area contributed by atoms with Crippen LogP contribution < -0.4 is 5.32 Å². The molecule has 3 aliphatic heterocycles. The largest absolute Gasteiger partial charge is 0.446 e. The number of nitrogens with one attached hydrogen (secondary N) is 1. The van der Waals surface area contributed by atoms with Crippen molar-refractivity contribution in [3.63, 3.8) is 0 Å². The van der Waals surface area contributed by atoms with E-state index in [1.165, 1.54) is 10.9 Å². The van der Waals surface area contributed by atoms with Gasteiger partial charge in [-0.2, -0.15) is 9.97 Å². The van der Waals surface area contributed by atoms with Gasteiger partial charge in [-0.15, -0.1) is 0 Å². The highest BCUT2D eigenvalue weighted by atomic mass is 35.5. The molecule has 40 heavy (non-hydrogen) atoms. The van der Waals surface area contributed by atoms with Crippen LogP contribution in [0.4, 0.5) is 10.6 Å². The number of hydrogen-bond donors (Lipinski definition) is 6. The Bertz CT molecular complexity index is 1360. The summed E-state index contributed by atoms with van der Waals surface area (Å²) in [6.07, 6.45) is -2.31. The molecule has 5 rings (SSSR count). The molecule has 5 unspecified atom stereocenters. The third-order valence-corrected chi connectivity index (χ3v) is 12.1. The van der Waals surface area contributed by atoms with Gasteiger partial charge in [0.15, 0.2) is 23.2 Å². The van der Waals surface area contributed by atoms with Crippen molar-refractivity contribution in [2.75, 3.05) is 24.4 Å². The number of imidazole rings is 1. The second-order valence-corrected chi connectivity index (χ2v) is 15.5. The average Bonchev–Trinajstić information content (AvgIpc) is 3.42. The quantitative estimate of drug-likeness (QED) is 0.178. The van der Waals surface area contributed by atoms with Crippen molar-refractivity contribution >= 4 is 49.6 Å². The molecule has 0 aromatic carbocycles. The van der Waals surface area contributed by atoms with E-state index in [4.69, 9.17) is 30.9 Å². The SMILES string of the molecule is CN1[C@@H]2CC[C@H]1C[C@@H](OC(=O)Nc1nc(Cl)nc3c1ncn3C1OC(CCP(=O)(O)CP(=O)(O)O)C(O)C1O)C2. The van der Waals surface area contributed by atoms with Gasteiger partial charge in [-0.05, 0) is 37.9 Å². The number of piperidine rings is 1. The number of anilines is 1. The average molecular weight is 625 g/mol. The normalized spacial score (nSPS) is 32.3. The minimum absolute atomic E-state index is 0.0297. The minimum atomic E-state index is -4.74. The molecule has 5 heterocycles. The van der Waals surface area contributed by atoms with E-state index in [1.54, 1.807) is 0 Å². The summed E-state index contributed by atoms with van der Waals surface area (Å²) in [5.41, 5.74) is 0.180. The summed E-state index contributed by atoms with van der Waals surface area (Å²) in [6, 6.07) is 0.750. The molecular weight excluding hydrogens is 594 g/mol. The van der Waals surface area contributed by atoms with Crippen LogP contribution in [0.3, 0.4) is 0 Å². The molecular formula is C21H31ClN6O10P2. The van der Waals surface area contributed by atoms with Crippen molar-refractivity contribution in [2.24, 2.45) is 0 Å². The van der Waals surface area contributed by atoms with Crippen LogP contribution in [-0.4, -0.2) is 111 Å². The third-order valence-electron chi connectivity index (χ3n) is 7.72. The Balaban J connectivity index is 1.28. The van der Waals surface area contributed by atoms with Gasteiger partial charge in [0, 0.05) is 31.1 Å². The van der Waals surface area contributed by atoms with Crippen LogP contribution in [0.5, 0.6) is 0 Å². The second kappa shape index (κ2) is 11.2. The van der Waals surface area contributed by atoms with Crippen molar-refractivity contribution < 1.29 is 48.3 Å². The highest BCUT2D eigenvalue weighted by molar-refractivity contribution is 7.72. The molecule has 0 aliphatic carbocycles. The third kappa shape index (κ3) is 6.36. The van der Waals surface area contributed by atoms with Gasteiger partial charge < -0.3 is 39.3 Å². The van der Waals surface area contributed by atoms with Crippen LogP contribution in [0, 0.1) is 0 Å². The van der Waals surface area contributed by atoms with E-state index in [-0.39, 0.29) is 34.8 Å². The van der Waals surface area contributed by atoms with E-state index in [1.807, 2.05) is 0 Å². The summed E-state index contributed by atoms with van der Waals surface area (Å²) in [6.45, 7) is 0. The fraction of sp³-hybridized carbons (Fsp3) is 0.714. The summed E-state index contributed by atoms with van der Waals surface area (Å²) in [4.78, 5) is 55.3. The lowest BCUT2D eigenvalue weighted by atomic mass is 10.0. The molecule has 2 bridgehead atoms. The number of rotatable bonds is 8. The Morgan fingerprint density at radius 1 is 1.18 bits per heavy atom. The Morgan fingerprint density at radius 3 is 2.50 bits per heavy atom. The van der Waals surface area contributed by atoms with Gasteiger partial charge in [0.05, 0.1) is 12.4 Å². The predicted molar refractivity (Wildman–Crippen MR) is 140 cm³/mol. The van der Waals surface area contributed by atoms with Crippen LogP contribution >= 0.6 is 26.6 Å². The van der Waals surface area contributed by atoms with Gasteiger partial charge in [0.2, 0.25) is 12.7 Å². The molecule has 222 valence electrons. The Hall–Kier alpha value is -1.71. The molecule has 3 aliphatic rings. The highest BCUT2D eigenvalue weighted by Gasteiger charge is 2.45. The molecule has 0 saturated carbocycles. The van der Waals surface area contributed by atoms with Crippen LogP contribution in [0.15, 0.2) is 6.33 Å². The molecule has 0 radical (unpaired) electrons. The van der Waals surface area contributed by atoms with E-state index < -0.39 is 57.7 Å². The number of amides is 1. The monoisotopic (exact) mass is 624 g/mol. The molecule has 6 N–H and O–H groups in total. The molecule has 1 amide bonds. The van der Waals surface area contributed by atoms with Gasteiger partial charge >= 0.3 is 13.7 Å². The summed E-state index contributed by atoms with van der Waals surface area (Å²) >= 11 is 6.11. The van der Waals surface area contributed by atoms with Gasteiger partial charge in [-0.25, -0.2) is 9.78 Å². The first-order chi connectivity index (χ1) is 18.7. The summed E-state index contributed by atoms with van der Waals surface area (Å²) < 4.78 is 35.9. The predicted octanol–water partition coefficient (Wildman–Crippen LogP) is 1.07. The molecule has 3 saturated heterocycles. The lowest BCUT2D eigenvalue weighted by molar-refractivity contribution is -0.0354. The zero-order chi connectivity index (χ0) is 29.0. The summed E-state index contributed by atoms with van der Waals surface area (Å²) in [5.74, 6) is -1.23. The molecule has 19 heteroatoms. The van der Waals surface area contributed by atoms with Crippen molar-refractivity contribution in [3.8, 4) is 0 Å². The second-order valence-electron chi connectivity index (χ2n) is 10.6. The van der Waals surface area contributed by atoms with Crippen LogP contribution in [0.1, 0.15) is 38.3 Å². The maximum absolute atomic E-state index is 12.7. The molecule has 3 fully saturated rings. The van der Waals surface area contributed by atoms with E-state index in [0.717, 1.165) is 25.7 Å². The van der Waals surface area contributed by atoms with Crippen molar-refractivity contribution in [2.45, 2.75) is 74.8 Å². The van der Waals surface area contributed by atoms with E-state index in [9.17, 15) is 29.0 Å².